The monoisotopic (exact) mass is 396 g/mol. The predicted molar refractivity (Wildman–Crippen MR) is 119 cm³/mol. The molecule has 3 saturated heterocycles. The van der Waals surface area contributed by atoms with Gasteiger partial charge >= 0.3 is 0 Å². The molecule has 10 unspecified atom stereocenters. The summed E-state index contributed by atoms with van der Waals surface area (Å²) in [6, 6.07) is 5.57. The van der Waals surface area contributed by atoms with Gasteiger partial charge in [0.2, 0.25) is 0 Å². The molecule has 7 rings (SSSR count). The molecule has 4 saturated carbocycles. The van der Waals surface area contributed by atoms with E-state index in [9.17, 15) is 0 Å². The van der Waals surface area contributed by atoms with Crippen LogP contribution in [0.4, 0.5) is 0 Å². The molecule has 2 heteroatoms. The number of fused-ring (bicyclic) bond motifs is 7. The minimum atomic E-state index is 0.567. The average molecular weight is 397 g/mol. The van der Waals surface area contributed by atoms with Crippen LogP contribution in [0.3, 0.4) is 0 Å². The zero-order chi connectivity index (χ0) is 19.3. The number of nitrogens with zero attached hydrogens (tertiary/aromatic N) is 2. The Morgan fingerprint density at radius 3 is 1.90 bits per heavy atom. The Hall–Kier alpha value is -0.0800. The Kier molecular flexibility index (Phi) is 4.12. The second kappa shape index (κ2) is 6.47. The first-order chi connectivity index (χ1) is 14.2. The Labute approximate surface area is 179 Å². The van der Waals surface area contributed by atoms with Crippen LogP contribution in [-0.4, -0.2) is 46.1 Å². The van der Waals surface area contributed by atoms with Gasteiger partial charge in [-0.05, 0) is 80.5 Å². The molecule has 0 aromatic heterocycles. The molecule has 3 aliphatic heterocycles. The van der Waals surface area contributed by atoms with Gasteiger partial charge < -0.3 is 0 Å². The van der Waals surface area contributed by atoms with E-state index in [4.69, 9.17) is 0 Å². The maximum Gasteiger partial charge on any atom is 0.0291 e. The molecule has 29 heavy (non-hydrogen) atoms. The van der Waals surface area contributed by atoms with E-state index in [0.717, 1.165) is 59.9 Å². The Bertz CT molecular complexity index is 657. The maximum absolute atomic E-state index is 3.31. The Morgan fingerprint density at radius 1 is 0.483 bits per heavy atom. The molecule has 4 aliphatic carbocycles. The Morgan fingerprint density at radius 2 is 1.03 bits per heavy atom. The van der Waals surface area contributed by atoms with Crippen LogP contribution in [-0.2, 0) is 0 Å². The molecule has 162 valence electrons. The number of piperidine rings is 1. The van der Waals surface area contributed by atoms with Crippen molar-refractivity contribution < 1.29 is 0 Å². The maximum atomic E-state index is 3.31. The van der Waals surface area contributed by atoms with Crippen molar-refractivity contribution in [2.24, 2.45) is 29.1 Å². The third-order valence-electron chi connectivity index (χ3n) is 11.9. The largest absolute Gasteiger partial charge is 0.291 e. The molecule has 0 aromatic rings. The van der Waals surface area contributed by atoms with Crippen molar-refractivity contribution in [1.29, 1.82) is 0 Å². The molecule has 7 fully saturated rings. The summed E-state index contributed by atoms with van der Waals surface area (Å²) in [5, 5.41) is 0. The van der Waals surface area contributed by atoms with Gasteiger partial charge in [-0.3, -0.25) is 9.80 Å². The normalized spacial score (nSPS) is 56.1. The first-order valence-corrected chi connectivity index (χ1v) is 13.7. The predicted octanol–water partition coefficient (Wildman–Crippen LogP) is 5.85. The summed E-state index contributed by atoms with van der Waals surface area (Å²) in [5.41, 5.74) is 0.567. The van der Waals surface area contributed by atoms with Crippen LogP contribution in [0.25, 0.3) is 0 Å². The third kappa shape index (κ3) is 2.32. The minimum absolute atomic E-state index is 0.567. The van der Waals surface area contributed by atoms with Gasteiger partial charge in [-0.15, -0.1) is 0 Å². The second-order valence-corrected chi connectivity index (χ2v) is 12.9. The van der Waals surface area contributed by atoms with Gasteiger partial charge in [0.15, 0.2) is 0 Å². The lowest BCUT2D eigenvalue weighted by Gasteiger charge is -2.70. The fourth-order valence-electron chi connectivity index (χ4n) is 11.1. The average Bonchev–Trinajstić information content (AvgIpc) is 3.09. The fraction of sp³-hybridized carbons (Fsp3) is 1.00. The second-order valence-electron chi connectivity index (χ2n) is 12.9. The molecular formula is C27H44N2. The van der Waals surface area contributed by atoms with Crippen molar-refractivity contribution in [2.45, 2.75) is 140 Å². The lowest BCUT2D eigenvalue weighted by molar-refractivity contribution is -0.208. The lowest BCUT2D eigenvalue weighted by Crippen LogP contribution is -2.78. The lowest BCUT2D eigenvalue weighted by atomic mass is 9.52. The van der Waals surface area contributed by atoms with Crippen molar-refractivity contribution in [3.63, 3.8) is 0 Å². The zero-order valence-corrected chi connectivity index (χ0v) is 19.1. The van der Waals surface area contributed by atoms with Crippen LogP contribution < -0.4 is 0 Å². The molecule has 0 amide bonds. The number of hydrogen-bond acceptors (Lipinski definition) is 2. The van der Waals surface area contributed by atoms with Gasteiger partial charge in [0, 0.05) is 36.3 Å². The highest BCUT2D eigenvalue weighted by Gasteiger charge is 2.67. The molecular weight excluding hydrogens is 352 g/mol. The summed E-state index contributed by atoms with van der Waals surface area (Å²) in [4.78, 5) is 6.60. The van der Waals surface area contributed by atoms with Crippen LogP contribution in [0.1, 0.15) is 104 Å². The van der Waals surface area contributed by atoms with Crippen LogP contribution in [0, 0.1) is 29.1 Å². The number of piperazine rings is 1. The molecule has 0 bridgehead atoms. The molecule has 0 radical (unpaired) electrons. The van der Waals surface area contributed by atoms with Crippen LogP contribution in [0.5, 0.6) is 0 Å². The molecule has 3 heterocycles. The zero-order valence-electron chi connectivity index (χ0n) is 19.1. The minimum Gasteiger partial charge on any atom is -0.291 e. The highest BCUT2D eigenvalue weighted by atomic mass is 15.4. The van der Waals surface area contributed by atoms with Gasteiger partial charge in [-0.2, -0.15) is 0 Å². The summed E-state index contributed by atoms with van der Waals surface area (Å²) >= 11 is 0. The summed E-state index contributed by atoms with van der Waals surface area (Å²) < 4.78 is 0. The van der Waals surface area contributed by atoms with Gasteiger partial charge in [0.1, 0.15) is 0 Å². The standard InChI is InChI=1S/C27H44N2/c1-27(2)19-11-4-6-14-22(19)29-23-15-7-10-18-17-9-3-5-13-21(17)28(25(18)23)24-16-8-12-20(27)26(24)29/h17-26H,3-16H2,1-2H3. The fourth-order valence-corrected chi connectivity index (χ4v) is 11.1. The van der Waals surface area contributed by atoms with E-state index in [1.165, 1.54) is 77.0 Å². The van der Waals surface area contributed by atoms with Gasteiger partial charge in [0.25, 0.3) is 0 Å². The highest BCUT2D eigenvalue weighted by molar-refractivity contribution is 5.20. The van der Waals surface area contributed by atoms with E-state index < -0.39 is 0 Å². The van der Waals surface area contributed by atoms with E-state index >= 15 is 0 Å². The van der Waals surface area contributed by atoms with Gasteiger partial charge in [-0.25, -0.2) is 0 Å². The van der Waals surface area contributed by atoms with Crippen molar-refractivity contribution in [3.8, 4) is 0 Å². The molecule has 2 nitrogen and oxygen atoms in total. The van der Waals surface area contributed by atoms with Gasteiger partial charge in [0.05, 0.1) is 0 Å². The molecule has 0 N–H and O–H groups in total. The molecule has 0 spiro atoms. The van der Waals surface area contributed by atoms with Crippen molar-refractivity contribution >= 4 is 0 Å². The number of hydrogen-bond donors (Lipinski definition) is 0. The van der Waals surface area contributed by atoms with E-state index in [0.29, 0.717) is 5.41 Å². The SMILES string of the molecule is CC1(C)C2CCCCC2N2C3CCCC4C5CCCCC5N(C5CCCC1C52)C43. The van der Waals surface area contributed by atoms with Crippen LogP contribution in [0.15, 0.2) is 0 Å². The topological polar surface area (TPSA) is 6.48 Å². The van der Waals surface area contributed by atoms with E-state index in [-0.39, 0.29) is 0 Å². The Balaban J connectivity index is 1.36. The smallest absolute Gasteiger partial charge is 0.0291 e. The summed E-state index contributed by atoms with van der Waals surface area (Å²) in [7, 11) is 0. The van der Waals surface area contributed by atoms with Gasteiger partial charge in [-0.1, -0.05) is 52.4 Å². The highest BCUT2D eigenvalue weighted by Crippen LogP contribution is 2.62. The molecule has 0 aromatic carbocycles. The van der Waals surface area contributed by atoms with Crippen molar-refractivity contribution in [3.05, 3.63) is 0 Å². The van der Waals surface area contributed by atoms with E-state index in [1.54, 1.807) is 12.8 Å². The summed E-state index contributed by atoms with van der Waals surface area (Å²) in [6.45, 7) is 5.42. The molecule has 7 aliphatic rings. The van der Waals surface area contributed by atoms with Crippen LogP contribution in [0.2, 0.25) is 0 Å². The number of rotatable bonds is 0. The third-order valence-corrected chi connectivity index (χ3v) is 11.9. The quantitative estimate of drug-likeness (QED) is 0.507. The summed E-state index contributed by atoms with van der Waals surface area (Å²) in [6.07, 6.45) is 21.4. The van der Waals surface area contributed by atoms with Crippen molar-refractivity contribution in [1.82, 2.24) is 9.80 Å². The van der Waals surface area contributed by atoms with Crippen LogP contribution >= 0.6 is 0 Å². The first-order valence-electron chi connectivity index (χ1n) is 13.7. The summed E-state index contributed by atoms with van der Waals surface area (Å²) in [5.74, 6) is 4.06. The molecule has 10 atom stereocenters. The first kappa shape index (κ1) is 18.5. The van der Waals surface area contributed by atoms with E-state index in [1.807, 2.05) is 0 Å². The van der Waals surface area contributed by atoms with E-state index in [2.05, 4.69) is 23.6 Å². The van der Waals surface area contributed by atoms with Crippen molar-refractivity contribution in [2.75, 3.05) is 0 Å².